The number of hydrogen-bond acceptors (Lipinski definition) is 2. The van der Waals surface area contributed by atoms with Gasteiger partial charge in [-0.25, -0.2) is 4.98 Å². The molecule has 0 saturated carbocycles. The molecule has 1 N–H and O–H groups in total. The molecule has 0 spiro atoms. The summed E-state index contributed by atoms with van der Waals surface area (Å²) in [5.74, 6) is 0. The molecule has 0 aliphatic heterocycles. The number of pyridine rings is 1. The van der Waals surface area contributed by atoms with E-state index in [1.54, 1.807) is 6.20 Å². The van der Waals surface area contributed by atoms with Crippen LogP contribution in [-0.4, -0.2) is 10.1 Å². The van der Waals surface area contributed by atoms with Gasteiger partial charge in [0.15, 0.2) is 0 Å². The molecule has 66 valence electrons. The molecular weight excluding hydrogens is 265 g/mol. The number of aryl methyl sites for hydroxylation is 1. The van der Waals surface area contributed by atoms with E-state index in [0.29, 0.717) is 0 Å². The van der Waals surface area contributed by atoms with Crippen molar-refractivity contribution in [2.45, 2.75) is 26.4 Å². The number of nitrogens with zero attached hydrogens (tertiary/aromatic N) is 1. The second-order valence-electron chi connectivity index (χ2n) is 2.79. The summed E-state index contributed by atoms with van der Waals surface area (Å²) in [5.41, 5.74) is 2.06. The van der Waals surface area contributed by atoms with Crippen molar-refractivity contribution in [1.29, 1.82) is 0 Å². The third-order valence-electron chi connectivity index (χ3n) is 1.86. The van der Waals surface area contributed by atoms with Crippen LogP contribution >= 0.6 is 22.6 Å². The highest BCUT2D eigenvalue weighted by Crippen LogP contribution is 2.20. The normalized spacial score (nSPS) is 13.0. The summed E-state index contributed by atoms with van der Waals surface area (Å²) in [5, 5.41) is 9.56. The lowest BCUT2D eigenvalue weighted by Crippen LogP contribution is -1.99. The Bertz CT molecular complexity index is 275. The molecule has 0 amide bonds. The van der Waals surface area contributed by atoms with Crippen molar-refractivity contribution in [3.63, 3.8) is 0 Å². The van der Waals surface area contributed by atoms with Crippen molar-refractivity contribution < 1.29 is 5.11 Å². The van der Waals surface area contributed by atoms with E-state index >= 15 is 0 Å². The van der Waals surface area contributed by atoms with Gasteiger partial charge < -0.3 is 5.11 Å². The van der Waals surface area contributed by atoms with Gasteiger partial charge in [-0.3, -0.25) is 0 Å². The van der Waals surface area contributed by atoms with Crippen molar-refractivity contribution in [1.82, 2.24) is 4.98 Å². The van der Waals surface area contributed by atoms with E-state index in [2.05, 4.69) is 27.6 Å². The molecule has 12 heavy (non-hydrogen) atoms. The smallest absolute Gasteiger partial charge is 0.101 e. The number of aliphatic hydroxyl groups excluding tert-OH is 1. The zero-order valence-electron chi connectivity index (χ0n) is 7.21. The second-order valence-corrected chi connectivity index (χ2v) is 3.89. The molecule has 0 aromatic carbocycles. The van der Waals surface area contributed by atoms with Gasteiger partial charge in [-0.05, 0) is 47.6 Å². The molecule has 0 saturated heterocycles. The number of halogens is 1. The first kappa shape index (κ1) is 9.92. The van der Waals surface area contributed by atoms with Crippen LogP contribution in [0.15, 0.2) is 12.3 Å². The van der Waals surface area contributed by atoms with Crippen LogP contribution in [-0.2, 0) is 0 Å². The predicted molar refractivity (Wildman–Crippen MR) is 56.9 cm³/mol. The van der Waals surface area contributed by atoms with Gasteiger partial charge in [0.2, 0.25) is 0 Å². The lowest BCUT2D eigenvalue weighted by Gasteiger charge is -2.10. The van der Waals surface area contributed by atoms with E-state index in [0.717, 1.165) is 21.2 Å². The van der Waals surface area contributed by atoms with Crippen LogP contribution < -0.4 is 0 Å². The fourth-order valence-electron chi connectivity index (χ4n) is 1.10. The van der Waals surface area contributed by atoms with Crippen LogP contribution in [0.4, 0.5) is 0 Å². The maximum absolute atomic E-state index is 9.56. The van der Waals surface area contributed by atoms with Gasteiger partial charge in [0.25, 0.3) is 0 Å². The quantitative estimate of drug-likeness (QED) is 0.665. The first-order chi connectivity index (χ1) is 5.65. The van der Waals surface area contributed by atoms with Crippen LogP contribution in [0.2, 0.25) is 0 Å². The zero-order valence-corrected chi connectivity index (χ0v) is 9.37. The summed E-state index contributed by atoms with van der Waals surface area (Å²) < 4.78 is 0.970. The van der Waals surface area contributed by atoms with E-state index in [1.165, 1.54) is 0 Å². The standard InChI is InChI=1S/C9H12INO/c1-3-8(12)7-5-11-9(10)4-6(7)2/h4-5,8,12H,3H2,1-2H3. The summed E-state index contributed by atoms with van der Waals surface area (Å²) in [4.78, 5) is 4.14. The van der Waals surface area contributed by atoms with Gasteiger partial charge in [0.1, 0.15) is 3.70 Å². The molecule has 3 heteroatoms. The Labute approximate surface area is 86.2 Å². The fourth-order valence-corrected chi connectivity index (χ4v) is 1.71. The predicted octanol–water partition coefficient (Wildman–Crippen LogP) is 2.44. The number of hydrogen-bond donors (Lipinski definition) is 1. The fraction of sp³-hybridized carbons (Fsp3) is 0.444. The van der Waals surface area contributed by atoms with Gasteiger partial charge in [-0.1, -0.05) is 6.92 Å². The Morgan fingerprint density at radius 2 is 2.33 bits per heavy atom. The minimum absolute atomic E-state index is 0.366. The zero-order chi connectivity index (χ0) is 9.14. The van der Waals surface area contributed by atoms with Crippen molar-refractivity contribution in [3.8, 4) is 0 Å². The topological polar surface area (TPSA) is 33.1 Å². The van der Waals surface area contributed by atoms with Gasteiger partial charge in [-0.15, -0.1) is 0 Å². The van der Waals surface area contributed by atoms with Crippen molar-refractivity contribution in [3.05, 3.63) is 27.1 Å². The summed E-state index contributed by atoms with van der Waals surface area (Å²) in [6.45, 7) is 3.96. The van der Waals surface area contributed by atoms with Crippen molar-refractivity contribution >= 4 is 22.6 Å². The lowest BCUT2D eigenvalue weighted by molar-refractivity contribution is 0.172. The molecule has 0 aliphatic carbocycles. The van der Waals surface area contributed by atoms with Gasteiger partial charge in [0.05, 0.1) is 6.10 Å². The largest absolute Gasteiger partial charge is 0.388 e. The lowest BCUT2D eigenvalue weighted by atomic mass is 10.1. The molecular formula is C9H12INO. The molecule has 0 radical (unpaired) electrons. The van der Waals surface area contributed by atoms with Gasteiger partial charge in [-0.2, -0.15) is 0 Å². The number of aliphatic hydroxyl groups is 1. The van der Waals surface area contributed by atoms with E-state index in [-0.39, 0.29) is 6.10 Å². The second kappa shape index (κ2) is 4.18. The molecule has 1 rings (SSSR count). The molecule has 2 nitrogen and oxygen atoms in total. The van der Waals surface area contributed by atoms with Crippen LogP contribution in [0, 0.1) is 10.6 Å². The summed E-state index contributed by atoms with van der Waals surface area (Å²) >= 11 is 2.16. The SMILES string of the molecule is CCC(O)c1cnc(I)cc1C. The van der Waals surface area contributed by atoms with Crippen LogP contribution in [0.1, 0.15) is 30.6 Å². The maximum atomic E-state index is 9.56. The highest BCUT2D eigenvalue weighted by atomic mass is 127. The first-order valence-electron chi connectivity index (χ1n) is 3.95. The third-order valence-corrected chi connectivity index (χ3v) is 2.45. The molecule has 1 heterocycles. The highest BCUT2D eigenvalue weighted by Gasteiger charge is 2.08. The number of rotatable bonds is 2. The van der Waals surface area contributed by atoms with Crippen LogP contribution in [0.25, 0.3) is 0 Å². The first-order valence-corrected chi connectivity index (χ1v) is 5.03. The Hall–Kier alpha value is -0.160. The number of aromatic nitrogens is 1. The average molecular weight is 277 g/mol. The van der Waals surface area contributed by atoms with E-state index in [4.69, 9.17) is 0 Å². The third kappa shape index (κ3) is 2.17. The Kier molecular flexibility index (Phi) is 3.46. The minimum atomic E-state index is -0.366. The Balaban J connectivity index is 3.01. The van der Waals surface area contributed by atoms with Gasteiger partial charge in [0, 0.05) is 11.8 Å². The molecule has 1 unspecified atom stereocenters. The molecule has 0 aliphatic rings. The van der Waals surface area contributed by atoms with Crippen molar-refractivity contribution in [2.75, 3.05) is 0 Å². The highest BCUT2D eigenvalue weighted by molar-refractivity contribution is 14.1. The maximum Gasteiger partial charge on any atom is 0.101 e. The molecule has 0 fully saturated rings. The summed E-state index contributed by atoms with van der Waals surface area (Å²) in [7, 11) is 0. The van der Waals surface area contributed by atoms with Crippen LogP contribution in [0.5, 0.6) is 0 Å². The molecule has 0 bridgehead atoms. The molecule has 1 atom stereocenters. The van der Waals surface area contributed by atoms with E-state index in [1.807, 2.05) is 19.9 Å². The minimum Gasteiger partial charge on any atom is -0.388 e. The molecule has 1 aromatic heterocycles. The monoisotopic (exact) mass is 277 g/mol. The molecule has 1 aromatic rings. The van der Waals surface area contributed by atoms with Crippen LogP contribution in [0.3, 0.4) is 0 Å². The van der Waals surface area contributed by atoms with E-state index in [9.17, 15) is 5.11 Å². The average Bonchev–Trinajstić information content (AvgIpc) is 2.03. The summed E-state index contributed by atoms with van der Waals surface area (Å²) in [6, 6.07) is 1.98. The summed E-state index contributed by atoms with van der Waals surface area (Å²) in [6.07, 6.45) is 2.13. The van der Waals surface area contributed by atoms with E-state index < -0.39 is 0 Å². The Morgan fingerprint density at radius 1 is 1.67 bits per heavy atom. The van der Waals surface area contributed by atoms with Crippen molar-refractivity contribution in [2.24, 2.45) is 0 Å². The Morgan fingerprint density at radius 3 is 2.83 bits per heavy atom. The van der Waals surface area contributed by atoms with Gasteiger partial charge >= 0.3 is 0 Å².